The summed E-state index contributed by atoms with van der Waals surface area (Å²) >= 11 is 1.03. The molecule has 0 bridgehead atoms. The van der Waals surface area contributed by atoms with Crippen LogP contribution in [0.4, 0.5) is 20.8 Å². The minimum atomic E-state index is -0.992. The summed E-state index contributed by atoms with van der Waals surface area (Å²) in [6.07, 6.45) is 1.37. The first-order valence-corrected chi connectivity index (χ1v) is 8.37. The summed E-state index contributed by atoms with van der Waals surface area (Å²) in [7, 11) is 0. The number of hydrogen-bond acceptors (Lipinski definition) is 6. The van der Waals surface area contributed by atoms with Crippen molar-refractivity contribution in [3.8, 4) is 0 Å². The maximum Gasteiger partial charge on any atom is 0.306 e. The van der Waals surface area contributed by atoms with Crippen LogP contribution in [0.5, 0.6) is 0 Å². The molecule has 1 aromatic carbocycles. The van der Waals surface area contributed by atoms with Gasteiger partial charge in [-0.3, -0.25) is 19.7 Å². The molecule has 2 amide bonds. The first kappa shape index (κ1) is 18.3. The lowest BCUT2D eigenvalue weighted by atomic mass is 10.2. The van der Waals surface area contributed by atoms with Gasteiger partial charge < -0.3 is 15.1 Å². The molecule has 3 rings (SSSR count). The number of nitro benzene ring substituents is 1. The average molecular weight is 389 g/mol. The highest BCUT2D eigenvalue weighted by molar-refractivity contribution is 7.18. The number of nitrogens with one attached hydrogen (secondary N) is 2. The molecule has 3 aromatic rings. The molecule has 8 nitrogen and oxygen atoms in total. The van der Waals surface area contributed by atoms with Gasteiger partial charge in [-0.05, 0) is 42.8 Å². The number of benzene rings is 1. The summed E-state index contributed by atoms with van der Waals surface area (Å²) in [4.78, 5) is 34.7. The summed E-state index contributed by atoms with van der Waals surface area (Å²) in [6.45, 7) is 1.68. The van der Waals surface area contributed by atoms with Gasteiger partial charge in [-0.2, -0.15) is 4.39 Å². The third-order valence-corrected chi connectivity index (χ3v) is 4.66. The number of halogens is 1. The zero-order valence-corrected chi connectivity index (χ0v) is 14.6. The Morgan fingerprint density at radius 3 is 2.63 bits per heavy atom. The van der Waals surface area contributed by atoms with E-state index < -0.39 is 28.2 Å². The van der Waals surface area contributed by atoms with Crippen molar-refractivity contribution in [2.24, 2.45) is 0 Å². The van der Waals surface area contributed by atoms with E-state index >= 15 is 0 Å². The van der Waals surface area contributed by atoms with Crippen molar-refractivity contribution in [1.82, 2.24) is 0 Å². The fourth-order valence-electron chi connectivity index (χ4n) is 2.27. The second-order valence-corrected chi connectivity index (χ2v) is 6.48. The van der Waals surface area contributed by atoms with Crippen LogP contribution in [0.2, 0.25) is 0 Å². The predicted molar refractivity (Wildman–Crippen MR) is 96.7 cm³/mol. The molecule has 0 aliphatic carbocycles. The molecule has 0 fully saturated rings. The number of nitro groups is 1. The lowest BCUT2D eigenvalue weighted by Gasteiger charge is -2.04. The highest BCUT2D eigenvalue weighted by Crippen LogP contribution is 2.29. The monoisotopic (exact) mass is 389 g/mol. The number of amides is 2. The fraction of sp³-hybridized carbons (Fsp3) is 0.0588. The normalized spacial score (nSPS) is 10.4. The number of hydrogen-bond donors (Lipinski definition) is 2. The molecule has 0 aliphatic rings. The number of carbonyl (C=O) groups is 2. The molecule has 2 heterocycles. The third kappa shape index (κ3) is 4.01. The third-order valence-electron chi connectivity index (χ3n) is 3.51. The van der Waals surface area contributed by atoms with Crippen LogP contribution in [0.25, 0.3) is 0 Å². The van der Waals surface area contributed by atoms with Crippen LogP contribution in [0, 0.1) is 22.9 Å². The molecule has 10 heteroatoms. The molecule has 0 spiro atoms. The molecule has 0 saturated heterocycles. The van der Waals surface area contributed by atoms with Crippen LogP contribution in [0.1, 0.15) is 25.8 Å². The van der Waals surface area contributed by atoms with E-state index in [4.69, 9.17) is 4.42 Å². The molecule has 0 radical (unpaired) electrons. The number of thiophene rings is 1. The molecule has 0 aliphatic heterocycles. The zero-order valence-electron chi connectivity index (χ0n) is 13.8. The number of furan rings is 1. The lowest BCUT2D eigenvalue weighted by molar-refractivity contribution is -0.387. The van der Waals surface area contributed by atoms with E-state index in [9.17, 15) is 24.1 Å². The zero-order chi connectivity index (χ0) is 19.6. The predicted octanol–water partition coefficient (Wildman–Crippen LogP) is 4.20. The molecule has 2 N–H and O–H groups in total. The van der Waals surface area contributed by atoms with Crippen LogP contribution in [0.15, 0.2) is 47.1 Å². The molecule has 27 heavy (non-hydrogen) atoms. The van der Waals surface area contributed by atoms with Gasteiger partial charge >= 0.3 is 5.69 Å². The average Bonchev–Trinajstić information content (AvgIpc) is 3.26. The molecule has 0 atom stereocenters. The maximum absolute atomic E-state index is 13.4. The molecular formula is C17H12FN3O5S. The Morgan fingerprint density at radius 2 is 1.96 bits per heavy atom. The Hall–Kier alpha value is -3.53. The molecule has 0 saturated carbocycles. The molecule has 0 unspecified atom stereocenters. The van der Waals surface area contributed by atoms with Crippen LogP contribution in [0.3, 0.4) is 0 Å². The van der Waals surface area contributed by atoms with Gasteiger partial charge in [0.05, 0.1) is 21.1 Å². The number of anilines is 2. The minimum absolute atomic E-state index is 0.0853. The van der Waals surface area contributed by atoms with E-state index in [2.05, 4.69) is 10.6 Å². The van der Waals surface area contributed by atoms with E-state index in [0.717, 1.165) is 23.5 Å². The van der Waals surface area contributed by atoms with E-state index in [1.807, 2.05) is 0 Å². The van der Waals surface area contributed by atoms with Gasteiger partial charge in [-0.15, -0.1) is 11.3 Å². The van der Waals surface area contributed by atoms with Crippen molar-refractivity contribution < 1.29 is 23.3 Å². The van der Waals surface area contributed by atoms with Gasteiger partial charge in [0.15, 0.2) is 5.76 Å². The number of nitrogens with zero attached hydrogens (tertiary/aromatic N) is 1. The van der Waals surface area contributed by atoms with E-state index in [1.54, 1.807) is 19.1 Å². The van der Waals surface area contributed by atoms with Crippen LogP contribution in [-0.2, 0) is 0 Å². The van der Waals surface area contributed by atoms with E-state index in [1.165, 1.54) is 18.4 Å². The number of carbonyl (C=O) groups excluding carboxylic acids is 2. The summed E-state index contributed by atoms with van der Waals surface area (Å²) < 4.78 is 18.4. The van der Waals surface area contributed by atoms with Crippen molar-refractivity contribution in [2.75, 3.05) is 10.6 Å². The van der Waals surface area contributed by atoms with E-state index in [0.29, 0.717) is 15.4 Å². The second-order valence-electron chi connectivity index (χ2n) is 5.43. The first-order chi connectivity index (χ1) is 12.8. The fourth-order valence-corrected chi connectivity index (χ4v) is 3.23. The highest BCUT2D eigenvalue weighted by Gasteiger charge is 2.19. The van der Waals surface area contributed by atoms with Crippen molar-refractivity contribution in [1.29, 1.82) is 0 Å². The Bertz CT molecular complexity index is 1030. The van der Waals surface area contributed by atoms with Crippen molar-refractivity contribution in [3.05, 3.63) is 74.8 Å². The minimum Gasteiger partial charge on any atom is -0.459 e. The van der Waals surface area contributed by atoms with Gasteiger partial charge in [0, 0.05) is 11.8 Å². The SMILES string of the molecule is Cc1cc(NC(=O)c2ccco2)sc1C(=O)Nc1ccc(F)c([N+](=O)[O-])c1. The molecule has 2 aromatic heterocycles. The second kappa shape index (κ2) is 7.38. The quantitative estimate of drug-likeness (QED) is 0.501. The maximum atomic E-state index is 13.4. The topological polar surface area (TPSA) is 114 Å². The van der Waals surface area contributed by atoms with Crippen molar-refractivity contribution in [3.63, 3.8) is 0 Å². The van der Waals surface area contributed by atoms with Crippen molar-refractivity contribution in [2.45, 2.75) is 6.92 Å². The number of rotatable bonds is 5. The van der Waals surface area contributed by atoms with Gasteiger partial charge in [-0.25, -0.2) is 0 Å². The Balaban J connectivity index is 1.76. The molecular weight excluding hydrogens is 377 g/mol. The van der Waals surface area contributed by atoms with Gasteiger partial charge in [0.1, 0.15) is 0 Å². The smallest absolute Gasteiger partial charge is 0.306 e. The van der Waals surface area contributed by atoms with Crippen LogP contribution < -0.4 is 10.6 Å². The van der Waals surface area contributed by atoms with Gasteiger partial charge in [-0.1, -0.05) is 0 Å². The summed E-state index contributed by atoms with van der Waals surface area (Å²) in [5.41, 5.74) is -0.0481. The summed E-state index contributed by atoms with van der Waals surface area (Å²) in [6, 6.07) is 7.77. The Morgan fingerprint density at radius 1 is 1.19 bits per heavy atom. The van der Waals surface area contributed by atoms with Gasteiger partial charge in [0.2, 0.25) is 5.82 Å². The van der Waals surface area contributed by atoms with Crippen LogP contribution >= 0.6 is 11.3 Å². The van der Waals surface area contributed by atoms with E-state index in [-0.39, 0.29) is 11.4 Å². The largest absolute Gasteiger partial charge is 0.459 e. The lowest BCUT2D eigenvalue weighted by Crippen LogP contribution is -2.11. The molecule has 138 valence electrons. The summed E-state index contributed by atoms with van der Waals surface area (Å²) in [5, 5.41) is 16.3. The highest BCUT2D eigenvalue weighted by atomic mass is 32.1. The Kier molecular flexibility index (Phi) is 4.99. The van der Waals surface area contributed by atoms with Crippen LogP contribution in [-0.4, -0.2) is 16.7 Å². The van der Waals surface area contributed by atoms with Gasteiger partial charge in [0.25, 0.3) is 11.8 Å². The number of aryl methyl sites for hydroxylation is 1. The van der Waals surface area contributed by atoms with Crippen molar-refractivity contribution >= 4 is 39.5 Å². The standard InChI is InChI=1S/C17H12FN3O5S/c1-9-7-14(20-16(22)13-3-2-6-26-13)27-15(9)17(23)19-10-4-5-11(18)12(8-10)21(24)25/h2-8H,1H3,(H,19,23)(H,20,22). The Labute approximate surface area is 155 Å². The first-order valence-electron chi connectivity index (χ1n) is 7.55. The summed E-state index contributed by atoms with van der Waals surface area (Å²) in [5.74, 6) is -1.85.